The lowest BCUT2D eigenvalue weighted by Crippen LogP contribution is -2.29. The van der Waals surface area contributed by atoms with Crippen LogP contribution in [-0.4, -0.2) is 153 Å². The fourth-order valence-corrected chi connectivity index (χ4v) is 10.1. The van der Waals surface area contributed by atoms with Crippen molar-refractivity contribution in [2.45, 2.75) is 104 Å². The molecular formula is C42H81Cl3N9O2P3S3. The summed E-state index contributed by atoms with van der Waals surface area (Å²) in [6, 6.07) is 5.99. The first-order chi connectivity index (χ1) is 28.9. The SMILES string of the molecule is C=C(C)[C@@H]1CCC(C)=C[C@H]1c1c(O)cc(CCCCC)cc1OP(=S)(NCC1CN1CC)N(C)C.CCN1CC1CN.CCN1CC1CNP(=S)(Cl)N(C)C.CN(C)P(=S)(Cl)Cl. The van der Waals surface area contributed by atoms with Crippen molar-refractivity contribution in [2.24, 2.45) is 11.7 Å². The van der Waals surface area contributed by atoms with Gasteiger partial charge in [0.2, 0.25) is 6.57 Å². The summed E-state index contributed by atoms with van der Waals surface area (Å²) in [4.78, 5) is 5.02. The molecule has 5 N–H and O–H groups in total. The Hall–Kier alpha value is 0.760. The molecule has 5 rings (SSSR count). The molecule has 0 saturated carbocycles. The van der Waals surface area contributed by atoms with Crippen LogP contribution in [0.1, 0.15) is 90.7 Å². The number of phenolic OH excluding ortho intramolecular Hbond substituents is 1. The van der Waals surface area contributed by atoms with Gasteiger partial charge in [-0.1, -0.05) is 98.1 Å². The number of aryl methyl sites for hydroxylation is 1. The normalized spacial score (nSPS) is 27.0. The van der Waals surface area contributed by atoms with Crippen LogP contribution in [0.4, 0.5) is 0 Å². The van der Waals surface area contributed by atoms with Crippen molar-refractivity contribution in [1.29, 1.82) is 0 Å². The summed E-state index contributed by atoms with van der Waals surface area (Å²) in [6.07, 6.45) is 8.76. The van der Waals surface area contributed by atoms with Crippen LogP contribution in [0.15, 0.2) is 35.9 Å². The van der Waals surface area contributed by atoms with Crippen LogP contribution in [0.3, 0.4) is 0 Å². The highest BCUT2D eigenvalue weighted by Gasteiger charge is 2.37. The highest BCUT2D eigenvalue weighted by molar-refractivity contribution is 8.37. The second-order valence-corrected chi connectivity index (χ2v) is 34.8. The van der Waals surface area contributed by atoms with Gasteiger partial charge in [0, 0.05) is 68.9 Å². The summed E-state index contributed by atoms with van der Waals surface area (Å²) in [5, 5.41) is 18.3. The maximum atomic E-state index is 11.4. The molecule has 1 aromatic rings. The Morgan fingerprint density at radius 2 is 1.37 bits per heavy atom. The van der Waals surface area contributed by atoms with E-state index in [1.54, 1.807) is 18.8 Å². The summed E-state index contributed by atoms with van der Waals surface area (Å²) >= 11 is 33.2. The third-order valence-electron chi connectivity index (χ3n) is 11.7. The maximum Gasteiger partial charge on any atom is 0.250 e. The molecule has 360 valence electrons. The predicted molar refractivity (Wildman–Crippen MR) is 286 cm³/mol. The largest absolute Gasteiger partial charge is 0.507 e. The average molecular weight is 1040 g/mol. The smallest absolute Gasteiger partial charge is 0.250 e. The van der Waals surface area contributed by atoms with E-state index in [-0.39, 0.29) is 11.8 Å². The molecule has 10 atom stereocenters. The fraction of sp³-hybridized carbons (Fsp3) is 0.762. The van der Waals surface area contributed by atoms with E-state index in [4.69, 9.17) is 67.6 Å². The van der Waals surface area contributed by atoms with Gasteiger partial charge in [0.25, 0.3) is 0 Å². The van der Waals surface area contributed by atoms with Crippen LogP contribution in [0.2, 0.25) is 0 Å². The average Bonchev–Trinajstić information content (AvgIpc) is 4.10. The Bertz CT molecular complexity index is 1730. The van der Waals surface area contributed by atoms with Crippen molar-refractivity contribution in [3.05, 3.63) is 47.1 Å². The molecule has 0 spiro atoms. The van der Waals surface area contributed by atoms with Crippen LogP contribution in [-0.2, 0) is 41.8 Å². The molecule has 11 nitrogen and oxygen atoms in total. The van der Waals surface area contributed by atoms with E-state index in [9.17, 15) is 5.11 Å². The lowest BCUT2D eigenvalue weighted by Gasteiger charge is -2.35. The summed E-state index contributed by atoms with van der Waals surface area (Å²) in [5.74, 6) is 1.35. The van der Waals surface area contributed by atoms with E-state index >= 15 is 0 Å². The second-order valence-electron chi connectivity index (χ2n) is 17.3. The number of rotatable bonds is 21. The van der Waals surface area contributed by atoms with Gasteiger partial charge in [0.15, 0.2) is 10.6 Å². The van der Waals surface area contributed by atoms with E-state index < -0.39 is 17.2 Å². The zero-order valence-electron chi connectivity index (χ0n) is 39.7. The van der Waals surface area contributed by atoms with Gasteiger partial charge in [-0.15, -0.1) is 0 Å². The lowest BCUT2D eigenvalue weighted by atomic mass is 9.73. The van der Waals surface area contributed by atoms with Gasteiger partial charge in [0.1, 0.15) is 11.5 Å². The number of nitrogens with two attached hydrogens (primary N) is 1. The number of halogens is 3. The van der Waals surface area contributed by atoms with Crippen LogP contribution < -0.4 is 20.4 Å². The van der Waals surface area contributed by atoms with E-state index in [2.05, 4.69) is 96.9 Å². The van der Waals surface area contributed by atoms with Crippen LogP contribution in [0, 0.1) is 5.92 Å². The van der Waals surface area contributed by atoms with Crippen LogP contribution in [0.5, 0.6) is 11.5 Å². The first kappa shape index (κ1) is 58.9. The molecule has 62 heavy (non-hydrogen) atoms. The molecule has 3 heterocycles. The quantitative estimate of drug-likeness (QED) is 0.0407. The van der Waals surface area contributed by atoms with Gasteiger partial charge in [-0.3, -0.25) is 29.1 Å². The zero-order valence-corrected chi connectivity index (χ0v) is 47.1. The van der Waals surface area contributed by atoms with Gasteiger partial charge >= 0.3 is 0 Å². The topological polar surface area (TPSA) is 98.3 Å². The Labute approximate surface area is 407 Å². The third-order valence-corrected chi connectivity index (χ3v) is 23.3. The minimum absolute atomic E-state index is 0.0329. The summed E-state index contributed by atoms with van der Waals surface area (Å²) in [6.45, 7) is 24.2. The maximum absolute atomic E-state index is 11.4. The molecule has 20 heteroatoms. The molecule has 0 bridgehead atoms. The highest BCUT2D eigenvalue weighted by atomic mass is 35.9. The highest BCUT2D eigenvalue weighted by Crippen LogP contribution is 2.58. The summed E-state index contributed by atoms with van der Waals surface area (Å²) in [7, 11) is 11.4. The summed E-state index contributed by atoms with van der Waals surface area (Å²) in [5.41, 5.74) is 7.87. The first-order valence-electron chi connectivity index (χ1n) is 22.1. The molecule has 1 aromatic carbocycles. The third kappa shape index (κ3) is 20.2. The van der Waals surface area contributed by atoms with Crippen molar-refractivity contribution in [3.8, 4) is 11.5 Å². The molecule has 3 aliphatic heterocycles. The summed E-state index contributed by atoms with van der Waals surface area (Å²) < 4.78 is 12.4. The second kappa shape index (κ2) is 27.7. The predicted octanol–water partition coefficient (Wildman–Crippen LogP) is 9.80. The first-order valence-corrected chi connectivity index (χ1v) is 33.0. The minimum Gasteiger partial charge on any atom is -0.507 e. The standard InChI is InChI=1S/C28H46N3O2PS.C7H17ClN3PS.C5H12N2.C2H6Cl2NPS/c1-8-10-11-12-22-16-26(32)28(25-15-21(5)13-14-24(25)20(3)4)27(17-22)33-34(35,30(6)7)29-18-23-19-31(23)9-2;1-4-11-6-7(11)5-9-12(8,13)10(2)3;1-2-7-4-5(7)3-6;1-5(2)6(3,4)7/h15-17,23-25,32H,3,8-14,18-19H2,1-2,4-7H3,(H,29,35);7H,4-6H2,1-3H3,(H,9,13);5H,2-4,6H2,1H3;1-2H3/t23?,24-,25+,31?,34?;;;/m0.../s1. The van der Waals surface area contributed by atoms with Crippen molar-refractivity contribution in [2.75, 3.05) is 101 Å². The van der Waals surface area contributed by atoms with Crippen molar-refractivity contribution in [1.82, 2.24) is 38.9 Å². The number of hydrogen-bond donors (Lipinski definition) is 4. The van der Waals surface area contributed by atoms with Crippen molar-refractivity contribution >= 4 is 86.3 Å². The number of allylic oxidation sites excluding steroid dienone is 3. The van der Waals surface area contributed by atoms with Gasteiger partial charge in [-0.05, 0) is 160 Å². The number of aromatic hydroxyl groups is 1. The Morgan fingerprint density at radius 1 is 0.855 bits per heavy atom. The van der Waals surface area contributed by atoms with E-state index in [0.717, 1.165) is 93.4 Å². The van der Waals surface area contributed by atoms with Crippen molar-refractivity contribution in [3.63, 3.8) is 0 Å². The van der Waals surface area contributed by atoms with E-state index in [1.807, 2.05) is 43.6 Å². The molecule has 0 aromatic heterocycles. The van der Waals surface area contributed by atoms with Gasteiger partial charge < -0.3 is 15.4 Å². The van der Waals surface area contributed by atoms with Gasteiger partial charge in [0.05, 0.1) is 0 Å². The number of benzene rings is 1. The molecule has 0 radical (unpaired) electrons. The monoisotopic (exact) mass is 1040 g/mol. The van der Waals surface area contributed by atoms with E-state index in [0.29, 0.717) is 17.8 Å². The molecule has 3 fully saturated rings. The van der Waals surface area contributed by atoms with Crippen molar-refractivity contribution < 1.29 is 9.63 Å². The Morgan fingerprint density at radius 3 is 1.77 bits per heavy atom. The number of nitrogens with one attached hydrogen (secondary N) is 2. The molecule has 3 saturated heterocycles. The lowest BCUT2D eigenvalue weighted by molar-refractivity contribution is 0.421. The van der Waals surface area contributed by atoms with Gasteiger partial charge in [-0.25, -0.2) is 9.76 Å². The Balaban J connectivity index is 0.000000393. The fourth-order valence-electron chi connectivity index (χ4n) is 7.12. The van der Waals surface area contributed by atoms with Crippen LogP contribution in [0.25, 0.3) is 0 Å². The molecule has 4 aliphatic rings. The minimum atomic E-state index is -2.54. The number of likely N-dealkylation sites (N-methyl/N-ethyl adjacent to an activating group) is 3. The molecule has 8 unspecified atom stereocenters. The molecular weight excluding hydrogens is 958 g/mol. The van der Waals surface area contributed by atoms with Crippen LogP contribution >= 0.6 is 50.9 Å². The van der Waals surface area contributed by atoms with Gasteiger partial charge in [-0.2, -0.15) is 0 Å². The Kier molecular flexibility index (Phi) is 26.3. The number of phenols is 1. The van der Waals surface area contributed by atoms with E-state index in [1.165, 1.54) is 38.0 Å². The number of hydrogen-bond acceptors (Lipinski definition) is 9. The number of nitrogens with zero attached hydrogens (tertiary/aromatic N) is 6. The zero-order chi connectivity index (χ0) is 47.2. The molecule has 0 amide bonds. The number of unbranched alkanes of at least 4 members (excludes halogenated alkanes) is 2. The molecule has 1 aliphatic carbocycles.